The Morgan fingerprint density at radius 3 is 2.21 bits per heavy atom. The monoisotopic (exact) mass is 772 g/mol. The van der Waals surface area contributed by atoms with Crippen molar-refractivity contribution in [2.24, 2.45) is 16.8 Å². The largest absolute Gasteiger partial charge is 0.463 e. The van der Waals surface area contributed by atoms with E-state index >= 15 is 9.59 Å². The first-order valence-electron chi connectivity index (χ1n) is 18.7. The van der Waals surface area contributed by atoms with Gasteiger partial charge in [0.2, 0.25) is 11.8 Å². The van der Waals surface area contributed by atoms with E-state index in [2.05, 4.69) is 0 Å². The summed E-state index contributed by atoms with van der Waals surface area (Å²) in [5.74, 6) is -4.15. The van der Waals surface area contributed by atoms with Crippen LogP contribution in [0.5, 0.6) is 0 Å². The number of nitro benzene ring substituents is 1. The maximum absolute atomic E-state index is 15.2. The van der Waals surface area contributed by atoms with Gasteiger partial charge in [-0.15, -0.1) is 0 Å². The van der Waals surface area contributed by atoms with Gasteiger partial charge >= 0.3 is 5.97 Å². The van der Waals surface area contributed by atoms with E-state index in [0.717, 1.165) is 54.8 Å². The number of hydrogen-bond acceptors (Lipinski definition) is 9. The number of allylic oxidation sites excluding steroid dienone is 1. The lowest BCUT2D eigenvalue weighted by Gasteiger charge is -2.53. The Balaban J connectivity index is 1.27. The molecule has 3 aliphatic carbocycles. The van der Waals surface area contributed by atoms with Crippen LogP contribution in [0.25, 0.3) is 16.8 Å². The molecule has 1 aromatic heterocycles. The van der Waals surface area contributed by atoms with Crippen LogP contribution >= 0.6 is 11.3 Å². The van der Waals surface area contributed by atoms with Crippen LogP contribution in [0.4, 0.5) is 11.4 Å². The Labute approximate surface area is 328 Å². The van der Waals surface area contributed by atoms with Crippen molar-refractivity contribution in [2.45, 2.75) is 31.2 Å². The number of carbonyl (C=O) groups is 3. The second kappa shape index (κ2) is 12.6. The second-order valence-corrected chi connectivity index (χ2v) is 15.7. The van der Waals surface area contributed by atoms with E-state index in [4.69, 9.17) is 9.73 Å². The molecule has 0 spiro atoms. The van der Waals surface area contributed by atoms with Crippen LogP contribution in [-0.2, 0) is 24.5 Å². The van der Waals surface area contributed by atoms with Crippen LogP contribution in [0.2, 0.25) is 0 Å². The summed E-state index contributed by atoms with van der Waals surface area (Å²) >= 11 is 1.15. The third kappa shape index (κ3) is 4.67. The number of anilines is 1. The molecule has 12 heteroatoms. The number of esters is 1. The standard InChI is InChI=1S/C45H32N4O7S/c1-3-56-43(53)35-24(2)46-44-48(39(35)27-18-12-14-25-13-4-5-15-26(25)27)40(50)34(57-44)23-45-30-19-8-6-16-28(30)36(29-17-7-9-20-31(29)45)37-38(45)42(52)47(41(37)51)32-21-10-11-22-33(32)49(54)55/h4-23,36-39H,3H2,1-2H3/b34-23+/t36?,37-,38-,39-,45?/m0/s1. The molecular formula is C45H32N4O7S. The third-order valence-corrected chi connectivity index (χ3v) is 13.0. The molecule has 57 heavy (non-hydrogen) atoms. The van der Waals surface area contributed by atoms with E-state index in [1.807, 2.05) is 97.1 Å². The Bertz CT molecular complexity index is 2970. The van der Waals surface area contributed by atoms with Crippen molar-refractivity contribution in [3.63, 3.8) is 0 Å². The Kier molecular flexibility index (Phi) is 7.68. The van der Waals surface area contributed by atoms with Crippen molar-refractivity contribution < 1.29 is 24.0 Å². The van der Waals surface area contributed by atoms with E-state index in [0.29, 0.717) is 10.5 Å². The van der Waals surface area contributed by atoms with Gasteiger partial charge in [-0.05, 0) is 64.6 Å². The molecule has 2 bridgehead atoms. The summed E-state index contributed by atoms with van der Waals surface area (Å²) in [6.07, 6.45) is 1.82. The number of rotatable bonds is 6. The zero-order chi connectivity index (χ0) is 39.3. The molecule has 1 fully saturated rings. The average Bonchev–Trinajstić information content (AvgIpc) is 3.67. The van der Waals surface area contributed by atoms with Crippen LogP contribution in [-0.4, -0.2) is 33.9 Å². The van der Waals surface area contributed by atoms with Crippen molar-refractivity contribution in [1.29, 1.82) is 0 Å². The van der Waals surface area contributed by atoms with Crippen molar-refractivity contribution in [1.82, 2.24) is 4.57 Å². The van der Waals surface area contributed by atoms with E-state index in [1.54, 1.807) is 24.5 Å². The molecule has 6 aromatic rings. The van der Waals surface area contributed by atoms with E-state index < -0.39 is 57.5 Å². The highest BCUT2D eigenvalue weighted by atomic mass is 32.1. The summed E-state index contributed by atoms with van der Waals surface area (Å²) in [7, 11) is 0. The molecule has 0 N–H and O–H groups in total. The number of amides is 2. The topological polar surface area (TPSA) is 141 Å². The highest BCUT2D eigenvalue weighted by Crippen LogP contribution is 2.65. The molecule has 5 aliphatic rings. The number of hydrogen-bond donors (Lipinski definition) is 0. The maximum Gasteiger partial charge on any atom is 0.338 e. The number of imide groups is 1. The molecule has 0 radical (unpaired) electrons. The first-order chi connectivity index (χ1) is 27.7. The van der Waals surface area contributed by atoms with Crippen molar-refractivity contribution in [2.75, 3.05) is 11.5 Å². The average molecular weight is 773 g/mol. The summed E-state index contributed by atoms with van der Waals surface area (Å²) in [5, 5.41) is 14.0. The van der Waals surface area contributed by atoms with Crippen LogP contribution in [0.1, 0.15) is 53.6 Å². The van der Waals surface area contributed by atoms with Crippen LogP contribution < -0.4 is 19.8 Å². The molecule has 0 saturated carbocycles. The quantitative estimate of drug-likeness (QED) is 0.0868. The highest BCUT2D eigenvalue weighted by molar-refractivity contribution is 7.07. The molecule has 11 nitrogen and oxygen atoms in total. The fraction of sp³-hybridized carbons (Fsp3) is 0.178. The molecule has 280 valence electrons. The summed E-state index contributed by atoms with van der Waals surface area (Å²) in [4.78, 5) is 76.7. The summed E-state index contributed by atoms with van der Waals surface area (Å²) in [6.45, 7) is 3.59. The molecule has 1 saturated heterocycles. The first kappa shape index (κ1) is 34.7. The van der Waals surface area contributed by atoms with Gasteiger partial charge in [0.15, 0.2) is 4.80 Å². The van der Waals surface area contributed by atoms with Crippen LogP contribution in [0, 0.1) is 22.0 Å². The van der Waals surface area contributed by atoms with Crippen molar-refractivity contribution >= 4 is 57.3 Å². The molecule has 2 aliphatic heterocycles. The van der Waals surface area contributed by atoms with Gasteiger partial charge in [0, 0.05) is 12.0 Å². The predicted molar refractivity (Wildman–Crippen MR) is 213 cm³/mol. The number of carbonyl (C=O) groups excluding carboxylic acids is 3. The number of nitro groups is 1. The van der Waals surface area contributed by atoms with Gasteiger partial charge in [-0.3, -0.25) is 29.1 Å². The van der Waals surface area contributed by atoms with Crippen LogP contribution in [0.15, 0.2) is 136 Å². The van der Waals surface area contributed by atoms with Gasteiger partial charge in [-0.25, -0.2) is 14.7 Å². The third-order valence-electron chi connectivity index (χ3n) is 12.0. The number of nitrogens with zero attached hydrogens (tertiary/aromatic N) is 4. The first-order valence-corrected chi connectivity index (χ1v) is 19.5. The fourth-order valence-electron chi connectivity index (χ4n) is 9.90. The SMILES string of the molecule is CCOC(=O)C1=C(C)N=c2s/c(=C/C34c5ccccc5C(c5ccccc53)[C@@H]3C(=O)N(c5ccccc5[N+](=O)[O-])C(=O)[C@H]34)c(=O)n2[C@H]1c1cccc2ccccc12. The molecule has 2 amide bonds. The Morgan fingerprint density at radius 2 is 1.49 bits per heavy atom. The maximum atomic E-state index is 15.2. The number of benzene rings is 5. The number of aromatic nitrogens is 1. The lowest BCUT2D eigenvalue weighted by atomic mass is 9.47. The van der Waals surface area contributed by atoms with E-state index in [9.17, 15) is 19.7 Å². The second-order valence-electron chi connectivity index (χ2n) is 14.7. The van der Waals surface area contributed by atoms with Gasteiger partial charge in [-0.1, -0.05) is 114 Å². The number of para-hydroxylation sites is 2. The van der Waals surface area contributed by atoms with Gasteiger partial charge in [0.05, 0.1) is 50.6 Å². The van der Waals surface area contributed by atoms with Gasteiger partial charge < -0.3 is 4.74 Å². The minimum Gasteiger partial charge on any atom is -0.463 e. The molecule has 11 rings (SSSR count). The lowest BCUT2D eigenvalue weighted by Crippen LogP contribution is -2.53. The molecule has 3 atom stereocenters. The number of fused-ring (bicyclic) bond motifs is 2. The molecule has 0 unspecified atom stereocenters. The predicted octanol–water partition coefficient (Wildman–Crippen LogP) is 6.06. The zero-order valence-corrected chi connectivity index (χ0v) is 31.4. The lowest BCUT2D eigenvalue weighted by molar-refractivity contribution is -0.384. The molecule has 5 aromatic carbocycles. The number of thiazole rings is 1. The smallest absolute Gasteiger partial charge is 0.338 e. The van der Waals surface area contributed by atoms with Crippen LogP contribution in [0.3, 0.4) is 0 Å². The zero-order valence-electron chi connectivity index (χ0n) is 30.6. The van der Waals surface area contributed by atoms with E-state index in [1.165, 1.54) is 18.2 Å². The minimum absolute atomic E-state index is 0.0917. The van der Waals surface area contributed by atoms with E-state index in [-0.39, 0.29) is 28.1 Å². The minimum atomic E-state index is -1.34. The molecule has 3 heterocycles. The Morgan fingerprint density at radius 1 is 0.860 bits per heavy atom. The fourth-order valence-corrected chi connectivity index (χ4v) is 11.0. The summed E-state index contributed by atoms with van der Waals surface area (Å²) in [6, 6.07) is 33.8. The van der Waals surface area contributed by atoms with Gasteiger partial charge in [0.1, 0.15) is 5.69 Å². The highest BCUT2D eigenvalue weighted by Gasteiger charge is 2.68. The Hall–Kier alpha value is -6.79. The van der Waals surface area contributed by atoms with Gasteiger partial charge in [-0.2, -0.15) is 0 Å². The van der Waals surface area contributed by atoms with Crippen molar-refractivity contribution in [3.05, 3.63) is 184 Å². The number of ether oxygens (including phenoxy) is 1. The normalized spacial score (nSPS) is 23.2. The van der Waals surface area contributed by atoms with Crippen molar-refractivity contribution in [3.8, 4) is 0 Å². The summed E-state index contributed by atoms with van der Waals surface area (Å²) < 4.78 is 7.37. The molecular weight excluding hydrogens is 741 g/mol. The van der Waals surface area contributed by atoms with Gasteiger partial charge in [0.25, 0.3) is 11.2 Å². The summed E-state index contributed by atoms with van der Waals surface area (Å²) in [5.41, 5.74) is 2.43.